The summed E-state index contributed by atoms with van der Waals surface area (Å²) in [6.07, 6.45) is 8.85. The molecule has 283 valence electrons. The van der Waals surface area contributed by atoms with Crippen LogP contribution in [0.25, 0.3) is 0 Å². The minimum Gasteiger partial charge on any atom is -0.499 e. The molecule has 0 saturated carbocycles. The minimum absolute atomic E-state index is 0. The van der Waals surface area contributed by atoms with E-state index in [-0.39, 0.29) is 69.3 Å². The quantitative estimate of drug-likeness (QED) is 0.0346. The maximum absolute atomic E-state index is 11.1. The number of carbonyl (C=O) groups is 2. The fourth-order valence-corrected chi connectivity index (χ4v) is 5.49. The van der Waals surface area contributed by atoms with Gasteiger partial charge in [0.25, 0.3) is 0 Å². The summed E-state index contributed by atoms with van der Waals surface area (Å²) in [6.45, 7) is 1.91. The molecule has 1 fully saturated rings. The van der Waals surface area contributed by atoms with Gasteiger partial charge in [-0.15, -0.1) is 0 Å². The monoisotopic (exact) mass is 783 g/mol. The molecule has 1 aromatic heterocycles. The molecular weight excluding hydrogens is 745 g/mol. The van der Waals surface area contributed by atoms with Crippen molar-refractivity contribution in [2.75, 3.05) is 0 Å². The first-order valence-corrected chi connectivity index (χ1v) is 16.7. The average Bonchev–Trinajstić information content (AvgIpc) is 3.54. The Morgan fingerprint density at radius 2 is 0.891 bits per heavy atom. The number of ether oxygens (including phenoxy) is 1. The Labute approximate surface area is 328 Å². The molecule has 1 aliphatic carbocycles. The summed E-state index contributed by atoms with van der Waals surface area (Å²) in [5.74, 6) is -1.17. The number of oxime groups is 4. The molecule has 12 nitrogen and oxygen atoms in total. The number of rotatable bonds is 6. The van der Waals surface area contributed by atoms with E-state index >= 15 is 0 Å². The fraction of sp³-hybridized carbons (Fsp3) is 0.119. The summed E-state index contributed by atoms with van der Waals surface area (Å²) in [5.41, 5.74) is 3.61. The smallest absolute Gasteiger partial charge is 0.317 e. The van der Waals surface area contributed by atoms with Gasteiger partial charge in [-0.25, -0.2) is 0 Å². The van der Waals surface area contributed by atoms with Gasteiger partial charge in [-0.3, -0.25) is 20.6 Å². The van der Waals surface area contributed by atoms with E-state index in [0.717, 1.165) is 0 Å². The number of fused-ring (bicyclic) bond motifs is 1. The van der Waals surface area contributed by atoms with E-state index in [2.05, 4.69) is 36.4 Å². The van der Waals surface area contributed by atoms with Gasteiger partial charge in [0.1, 0.15) is 22.8 Å². The summed E-state index contributed by atoms with van der Waals surface area (Å²) in [6, 6.07) is 42.0. The van der Waals surface area contributed by atoms with Crippen LogP contribution in [0.3, 0.4) is 0 Å². The molecule has 1 radical (unpaired) electrons. The van der Waals surface area contributed by atoms with Crippen LogP contribution in [0, 0.1) is 23.8 Å². The first kappa shape index (κ1) is 42.7. The zero-order chi connectivity index (χ0) is 38.5. The van der Waals surface area contributed by atoms with Crippen LogP contribution in [0.2, 0.25) is 0 Å². The second-order valence-corrected chi connectivity index (χ2v) is 11.6. The summed E-state index contributed by atoms with van der Waals surface area (Å²) >= 11 is 0. The Balaban J connectivity index is 0.000000207. The van der Waals surface area contributed by atoms with Crippen LogP contribution < -0.4 is 0 Å². The van der Waals surface area contributed by atoms with E-state index in [9.17, 15) is 9.59 Å². The van der Waals surface area contributed by atoms with E-state index in [1.807, 2.05) is 104 Å². The molecule has 0 amide bonds. The molecule has 3 atom stereocenters. The second kappa shape index (κ2) is 23.1. The Bertz CT molecular complexity index is 1820. The molecule has 4 N–H and O–H groups in total. The van der Waals surface area contributed by atoms with Crippen molar-refractivity contribution in [2.24, 2.45) is 38.4 Å². The number of hydrogen-bond acceptors (Lipinski definition) is 12. The Morgan fingerprint density at radius 3 is 1.15 bits per heavy atom. The number of hydrogen-bond donors (Lipinski definition) is 4. The van der Waals surface area contributed by atoms with Gasteiger partial charge in [0, 0.05) is 57.3 Å². The number of aromatic nitrogens is 1. The van der Waals surface area contributed by atoms with E-state index in [1.165, 1.54) is 0 Å². The number of pyridine rings is 1. The first-order valence-electron chi connectivity index (χ1n) is 16.7. The molecule has 0 bridgehead atoms. The predicted octanol–water partition coefficient (Wildman–Crippen LogP) is 7.27. The second-order valence-electron chi connectivity index (χ2n) is 11.6. The predicted molar refractivity (Wildman–Crippen MR) is 203 cm³/mol. The molecular formula is C42H38CoN5O7-. The number of allylic oxidation sites excluding steroid dienone is 2. The standard InChI is InChI=1S/2C14H12N2O2.C9H9O3.C5H5N.Co/c2*17-15-13(11-7-3-1-4-8-11)14(16-18)12-9-5-2-6-10-12;1-5-3-2-4-6-7(5)9(11)12-8(6)10;1-2-4-6-5-3-1;/h2*1-10,17-18H;3,5-7H,4H2,1H3;1-5H;/q;;-1;;/b2*15-13+,16-14+;;;/t;;5-,6-,7+;;/m..0../s1. The summed E-state index contributed by atoms with van der Waals surface area (Å²) in [7, 11) is 0. The molecule has 55 heavy (non-hydrogen) atoms. The fourth-order valence-electron chi connectivity index (χ4n) is 5.49. The van der Waals surface area contributed by atoms with Gasteiger partial charge in [-0.05, 0) is 18.1 Å². The third-order valence-corrected chi connectivity index (χ3v) is 8.10. The van der Waals surface area contributed by atoms with Gasteiger partial charge < -0.3 is 31.6 Å². The maximum Gasteiger partial charge on any atom is 0.317 e. The van der Waals surface area contributed by atoms with Crippen molar-refractivity contribution in [1.82, 2.24) is 4.98 Å². The summed E-state index contributed by atoms with van der Waals surface area (Å²) < 4.78 is 4.54. The average molecular weight is 784 g/mol. The molecule has 1 saturated heterocycles. The minimum atomic E-state index is -0.377. The van der Waals surface area contributed by atoms with Crippen LogP contribution in [0.5, 0.6) is 0 Å². The molecule has 2 aliphatic rings. The van der Waals surface area contributed by atoms with Crippen LogP contribution in [0.1, 0.15) is 35.6 Å². The van der Waals surface area contributed by atoms with Crippen molar-refractivity contribution in [2.45, 2.75) is 13.3 Å². The largest absolute Gasteiger partial charge is 0.499 e. The van der Waals surface area contributed by atoms with Gasteiger partial charge in [0.2, 0.25) is 0 Å². The maximum atomic E-state index is 11.1. The van der Waals surface area contributed by atoms with E-state index in [1.54, 1.807) is 60.9 Å². The van der Waals surface area contributed by atoms with Crippen molar-refractivity contribution >= 4 is 34.8 Å². The number of carbonyl (C=O) groups excluding carboxylic acids is 2. The molecule has 4 aromatic carbocycles. The first-order chi connectivity index (χ1) is 26.4. The van der Waals surface area contributed by atoms with Crippen molar-refractivity contribution in [3.8, 4) is 0 Å². The summed E-state index contributed by atoms with van der Waals surface area (Å²) in [5, 5.41) is 49.5. The molecule has 2 heterocycles. The third kappa shape index (κ3) is 12.2. The Morgan fingerprint density at radius 1 is 0.564 bits per heavy atom. The Hall–Kier alpha value is -6.70. The van der Waals surface area contributed by atoms with Gasteiger partial charge >= 0.3 is 11.9 Å². The van der Waals surface area contributed by atoms with Crippen molar-refractivity contribution in [3.05, 3.63) is 186 Å². The van der Waals surface area contributed by atoms with Crippen LogP contribution >= 0.6 is 0 Å². The number of nitrogens with zero attached hydrogens (tertiary/aromatic N) is 5. The molecule has 0 spiro atoms. The van der Waals surface area contributed by atoms with Gasteiger partial charge in [0.15, 0.2) is 0 Å². The molecule has 1 aliphatic heterocycles. The van der Waals surface area contributed by atoms with E-state index in [0.29, 0.717) is 28.7 Å². The zero-order valence-electron chi connectivity index (χ0n) is 29.5. The van der Waals surface area contributed by atoms with Crippen molar-refractivity contribution in [3.63, 3.8) is 0 Å². The van der Waals surface area contributed by atoms with Crippen LogP contribution in [-0.2, 0) is 31.1 Å². The van der Waals surface area contributed by atoms with E-state index < -0.39 is 0 Å². The third-order valence-electron chi connectivity index (χ3n) is 8.10. The van der Waals surface area contributed by atoms with Crippen molar-refractivity contribution < 1.29 is 51.9 Å². The van der Waals surface area contributed by atoms with Crippen LogP contribution in [0.4, 0.5) is 0 Å². The topological polar surface area (TPSA) is 187 Å². The molecule has 5 aromatic rings. The van der Waals surface area contributed by atoms with Crippen molar-refractivity contribution in [1.29, 1.82) is 0 Å². The summed E-state index contributed by atoms with van der Waals surface area (Å²) in [4.78, 5) is 26.0. The molecule has 13 heteroatoms. The Kier molecular flexibility index (Phi) is 17.9. The number of esters is 2. The van der Waals surface area contributed by atoms with Crippen LogP contribution in [0.15, 0.2) is 179 Å². The van der Waals surface area contributed by atoms with Gasteiger partial charge in [0.05, 0.1) is 5.92 Å². The normalized spacial score (nSPS) is 17.7. The molecule has 0 unspecified atom stereocenters. The van der Waals surface area contributed by atoms with Crippen LogP contribution in [-0.4, -0.2) is 60.6 Å². The van der Waals surface area contributed by atoms with Gasteiger partial charge in [-0.1, -0.05) is 155 Å². The number of benzene rings is 4. The van der Waals surface area contributed by atoms with E-state index in [4.69, 9.17) is 20.8 Å². The molecule has 7 rings (SSSR count). The van der Waals surface area contributed by atoms with Gasteiger partial charge in [-0.2, -0.15) is 6.42 Å². The number of cyclic esters (lactones) is 2. The SMILES string of the molecule is C[C@H]1C=[C-]C[C@@H]2C(=O)OC(=O)[C@@H]21.O/N=C(/C(=N/O)c1ccccc1)c1ccccc1.O/N=C(/C(=N/O)c1ccccc1)c1ccccc1.[Co].c1ccncc1. The zero-order valence-corrected chi connectivity index (χ0v) is 30.6.